The molecule has 1 saturated carbocycles. The van der Waals surface area contributed by atoms with Gasteiger partial charge in [0.05, 0.1) is 0 Å². The Balaban J connectivity index is 1.71. The van der Waals surface area contributed by atoms with Crippen molar-refractivity contribution in [2.24, 2.45) is 0 Å². The Labute approximate surface area is 179 Å². The number of rotatable bonds is 1. The van der Waals surface area contributed by atoms with Crippen molar-refractivity contribution in [2.75, 3.05) is 19.6 Å². The Morgan fingerprint density at radius 3 is 2.43 bits per heavy atom. The zero-order chi connectivity index (χ0) is 21.3. The summed E-state index contributed by atoms with van der Waals surface area (Å²) in [6, 6.07) is 8.08. The number of imide groups is 1. The monoisotopic (exact) mass is 411 g/mol. The van der Waals surface area contributed by atoms with E-state index in [1.165, 1.54) is 28.2 Å². The average molecular weight is 412 g/mol. The molecule has 1 atom stereocenters. The molecule has 1 saturated heterocycles. The molecule has 2 heterocycles. The normalized spacial score (nSPS) is 24.5. The van der Waals surface area contributed by atoms with Crippen LogP contribution in [-0.2, 0) is 16.1 Å². The molecule has 4 rings (SSSR count). The highest BCUT2D eigenvalue weighted by Gasteiger charge is 2.47. The fourth-order valence-electron chi connectivity index (χ4n) is 5.72. The molecule has 0 radical (unpaired) electrons. The molecule has 6 heteroatoms. The number of amides is 4. The lowest BCUT2D eigenvalue weighted by Gasteiger charge is -2.46. The van der Waals surface area contributed by atoms with Crippen LogP contribution in [0.15, 0.2) is 24.3 Å². The van der Waals surface area contributed by atoms with Crippen LogP contribution in [0.5, 0.6) is 0 Å². The van der Waals surface area contributed by atoms with Gasteiger partial charge in [0.2, 0.25) is 0 Å². The summed E-state index contributed by atoms with van der Waals surface area (Å²) in [5, 5.41) is 0. The summed E-state index contributed by atoms with van der Waals surface area (Å²) in [6.07, 6.45) is 7.43. The lowest BCUT2D eigenvalue weighted by Crippen LogP contribution is -2.62. The van der Waals surface area contributed by atoms with Crippen LogP contribution in [-0.4, -0.2) is 57.7 Å². The van der Waals surface area contributed by atoms with Crippen molar-refractivity contribution in [1.82, 2.24) is 14.7 Å². The molecule has 0 aromatic heterocycles. The number of likely N-dealkylation sites (N-methyl/N-ethyl adjacent to an activating group) is 1. The molecule has 162 valence electrons. The van der Waals surface area contributed by atoms with Crippen molar-refractivity contribution in [1.29, 1.82) is 0 Å². The van der Waals surface area contributed by atoms with Gasteiger partial charge in [0.25, 0.3) is 0 Å². The molecule has 1 aromatic carbocycles. The molecule has 6 nitrogen and oxygen atoms in total. The fraction of sp³-hybridized carbons (Fsp3) is 0.625. The molecule has 30 heavy (non-hydrogen) atoms. The van der Waals surface area contributed by atoms with Crippen LogP contribution in [0.3, 0.4) is 0 Å². The summed E-state index contributed by atoms with van der Waals surface area (Å²) in [6.45, 7) is 5.81. The summed E-state index contributed by atoms with van der Waals surface area (Å²) in [5.41, 5.74) is 2.21. The smallest absolute Gasteiger partial charge is 0.327 e. The third-order valence-electron chi connectivity index (χ3n) is 7.36. The van der Waals surface area contributed by atoms with Gasteiger partial charge < -0.3 is 9.80 Å². The van der Waals surface area contributed by atoms with E-state index in [4.69, 9.17) is 0 Å². The zero-order valence-electron chi connectivity index (χ0n) is 18.2. The zero-order valence-corrected chi connectivity index (χ0v) is 18.2. The summed E-state index contributed by atoms with van der Waals surface area (Å²) < 4.78 is 0. The first-order valence-corrected chi connectivity index (χ1v) is 11.5. The maximum Gasteiger partial charge on any atom is 0.327 e. The first-order valence-electron chi connectivity index (χ1n) is 11.5. The highest BCUT2D eigenvalue weighted by atomic mass is 16.2. The van der Waals surface area contributed by atoms with Crippen molar-refractivity contribution in [3.8, 4) is 0 Å². The first-order chi connectivity index (χ1) is 14.5. The van der Waals surface area contributed by atoms with Crippen LogP contribution >= 0.6 is 0 Å². The number of carbonyl (C=O) groups is 3. The summed E-state index contributed by atoms with van der Waals surface area (Å²) in [7, 11) is 0. The van der Waals surface area contributed by atoms with E-state index < -0.39 is 11.8 Å². The van der Waals surface area contributed by atoms with Crippen molar-refractivity contribution in [2.45, 2.75) is 76.8 Å². The van der Waals surface area contributed by atoms with Gasteiger partial charge in [-0.25, -0.2) is 4.79 Å². The maximum absolute atomic E-state index is 13.8. The molecule has 1 spiro atoms. The number of urea groups is 1. The molecule has 2 aliphatic heterocycles. The average Bonchev–Trinajstić information content (AvgIpc) is 3.05. The van der Waals surface area contributed by atoms with Crippen LogP contribution in [0.2, 0.25) is 0 Å². The highest BCUT2D eigenvalue weighted by Crippen LogP contribution is 2.44. The largest absolute Gasteiger partial charge is 0.333 e. The molecule has 2 fully saturated rings. The highest BCUT2D eigenvalue weighted by molar-refractivity contribution is 6.38. The minimum absolute atomic E-state index is 0.253. The van der Waals surface area contributed by atoms with Gasteiger partial charge in [0.15, 0.2) is 0 Å². The van der Waals surface area contributed by atoms with Gasteiger partial charge >= 0.3 is 17.8 Å². The van der Waals surface area contributed by atoms with Crippen molar-refractivity contribution >= 4 is 17.8 Å². The molecule has 1 unspecified atom stereocenters. The van der Waals surface area contributed by atoms with E-state index >= 15 is 0 Å². The SMILES string of the molecule is CCN1CCN(C(=O)N2Cc3ccccc3C(C)CC23CCCCCC3)C(=O)C1=O. The maximum atomic E-state index is 13.8. The second-order valence-corrected chi connectivity index (χ2v) is 9.15. The molecular weight excluding hydrogens is 378 g/mol. The van der Waals surface area contributed by atoms with Crippen molar-refractivity contribution < 1.29 is 14.4 Å². The van der Waals surface area contributed by atoms with E-state index in [1.54, 1.807) is 0 Å². The van der Waals surface area contributed by atoms with Crippen molar-refractivity contribution in [3.05, 3.63) is 35.4 Å². The van der Waals surface area contributed by atoms with E-state index in [0.717, 1.165) is 37.7 Å². The topological polar surface area (TPSA) is 60.9 Å². The minimum atomic E-state index is -0.678. The number of fused-ring (bicyclic) bond motifs is 1. The predicted octanol–water partition coefficient (Wildman–Crippen LogP) is 3.90. The number of hydrogen-bond acceptors (Lipinski definition) is 3. The van der Waals surface area contributed by atoms with Gasteiger partial charge in [-0.2, -0.15) is 0 Å². The van der Waals surface area contributed by atoms with E-state index in [2.05, 4.69) is 25.1 Å². The number of benzene rings is 1. The lowest BCUT2D eigenvalue weighted by molar-refractivity contribution is -0.154. The number of hydrogen-bond donors (Lipinski definition) is 0. The van der Waals surface area contributed by atoms with Crippen LogP contribution < -0.4 is 0 Å². The van der Waals surface area contributed by atoms with Gasteiger partial charge in [-0.1, -0.05) is 56.9 Å². The molecule has 0 bridgehead atoms. The van der Waals surface area contributed by atoms with Crippen molar-refractivity contribution in [3.63, 3.8) is 0 Å². The van der Waals surface area contributed by atoms with E-state index in [0.29, 0.717) is 25.6 Å². The van der Waals surface area contributed by atoms with Crippen LogP contribution in [0.1, 0.15) is 75.8 Å². The molecule has 1 aromatic rings. The quantitative estimate of drug-likeness (QED) is 0.659. The molecule has 0 N–H and O–H groups in total. The fourth-order valence-corrected chi connectivity index (χ4v) is 5.72. The van der Waals surface area contributed by atoms with E-state index in [-0.39, 0.29) is 18.1 Å². The number of carbonyl (C=O) groups excluding carboxylic acids is 3. The molecular formula is C24H33N3O3. The van der Waals surface area contributed by atoms with Gasteiger partial charge in [0.1, 0.15) is 0 Å². The van der Waals surface area contributed by atoms with Gasteiger partial charge in [-0.15, -0.1) is 0 Å². The standard InChI is InChI=1S/C24H33N3O3/c1-3-25-14-15-26(22(29)21(25)28)23(30)27-17-19-10-6-7-11-20(19)18(2)16-24(27)12-8-4-5-9-13-24/h6-7,10-11,18H,3-5,8-9,12-17H2,1-2H3. The summed E-state index contributed by atoms with van der Waals surface area (Å²) in [4.78, 5) is 43.8. The lowest BCUT2D eigenvalue weighted by atomic mass is 9.79. The Bertz CT molecular complexity index is 829. The van der Waals surface area contributed by atoms with Crippen LogP contribution in [0, 0.1) is 0 Å². The Kier molecular flexibility index (Phi) is 5.85. The van der Waals surface area contributed by atoms with Gasteiger partial charge in [-0.05, 0) is 43.2 Å². The third kappa shape index (κ3) is 3.61. The van der Waals surface area contributed by atoms with Crippen LogP contribution in [0.25, 0.3) is 0 Å². The van der Waals surface area contributed by atoms with Gasteiger partial charge in [-0.3, -0.25) is 14.5 Å². The molecule has 1 aliphatic carbocycles. The Morgan fingerprint density at radius 1 is 1.03 bits per heavy atom. The summed E-state index contributed by atoms with van der Waals surface area (Å²) >= 11 is 0. The molecule has 4 amide bonds. The molecule has 3 aliphatic rings. The number of piperazine rings is 1. The first kappa shape index (κ1) is 20.9. The predicted molar refractivity (Wildman–Crippen MR) is 115 cm³/mol. The second kappa shape index (κ2) is 8.40. The Hall–Kier alpha value is -2.37. The third-order valence-corrected chi connectivity index (χ3v) is 7.36. The van der Waals surface area contributed by atoms with E-state index in [9.17, 15) is 14.4 Å². The number of nitrogens with zero attached hydrogens (tertiary/aromatic N) is 3. The van der Waals surface area contributed by atoms with Gasteiger partial charge in [0, 0.05) is 31.7 Å². The second-order valence-electron chi connectivity index (χ2n) is 9.15. The Morgan fingerprint density at radius 2 is 1.73 bits per heavy atom. The van der Waals surface area contributed by atoms with E-state index in [1.807, 2.05) is 17.9 Å². The van der Waals surface area contributed by atoms with Crippen LogP contribution in [0.4, 0.5) is 4.79 Å². The summed E-state index contributed by atoms with van der Waals surface area (Å²) in [5.74, 6) is -0.885. The minimum Gasteiger partial charge on any atom is -0.333 e.